The van der Waals surface area contributed by atoms with E-state index in [0.717, 1.165) is 0 Å². The second-order valence-electron chi connectivity index (χ2n) is 4.15. The highest BCUT2D eigenvalue weighted by Crippen LogP contribution is 2.19. The van der Waals surface area contributed by atoms with E-state index >= 15 is 0 Å². The lowest BCUT2D eigenvalue weighted by atomic mass is 10.1. The molecule has 1 amide bonds. The van der Waals surface area contributed by atoms with Crippen molar-refractivity contribution in [3.8, 4) is 0 Å². The summed E-state index contributed by atoms with van der Waals surface area (Å²) >= 11 is 11.4. The maximum absolute atomic E-state index is 11.9. The number of pyridine rings is 1. The molecule has 100 valence electrons. The lowest BCUT2D eigenvalue weighted by Gasteiger charge is -2.12. The number of carbonyl (C=O) groups excluding carboxylic acids is 1. The largest absolute Gasteiger partial charge is 0.481 e. The highest BCUT2D eigenvalue weighted by molar-refractivity contribution is 6.33. The Bertz CT molecular complexity index is 540. The number of rotatable bonds is 3. The van der Waals surface area contributed by atoms with Gasteiger partial charge in [-0.1, -0.05) is 35.4 Å². The van der Waals surface area contributed by atoms with Crippen LogP contribution in [0.25, 0.3) is 0 Å². The van der Waals surface area contributed by atoms with Gasteiger partial charge in [0.15, 0.2) is 0 Å². The third-order valence-corrected chi connectivity index (χ3v) is 3.13. The minimum atomic E-state index is -0.900. The van der Waals surface area contributed by atoms with Crippen LogP contribution in [0.2, 0.25) is 10.3 Å². The first-order valence-corrected chi connectivity index (χ1v) is 6.26. The van der Waals surface area contributed by atoms with Crippen molar-refractivity contribution in [2.45, 2.75) is 12.5 Å². The average molecular weight is 301 g/mol. The van der Waals surface area contributed by atoms with E-state index in [0.29, 0.717) is 6.42 Å². The van der Waals surface area contributed by atoms with Gasteiger partial charge in [0.25, 0.3) is 5.91 Å². The Labute approximate surface area is 119 Å². The first-order chi connectivity index (χ1) is 8.95. The number of hydrogen-bond acceptors (Lipinski definition) is 3. The predicted molar refractivity (Wildman–Crippen MR) is 70.4 cm³/mol. The van der Waals surface area contributed by atoms with Crippen LogP contribution in [0.5, 0.6) is 0 Å². The molecule has 1 aliphatic rings. The van der Waals surface area contributed by atoms with Gasteiger partial charge in [-0.2, -0.15) is 0 Å². The summed E-state index contributed by atoms with van der Waals surface area (Å²) < 4.78 is 0. The Morgan fingerprint density at radius 1 is 1.26 bits per heavy atom. The van der Waals surface area contributed by atoms with Crippen molar-refractivity contribution in [3.05, 3.63) is 40.2 Å². The number of carboxylic acids is 1. The maximum Gasteiger partial charge on any atom is 0.310 e. The van der Waals surface area contributed by atoms with Crippen LogP contribution in [0.1, 0.15) is 16.8 Å². The van der Waals surface area contributed by atoms with E-state index in [2.05, 4.69) is 10.3 Å². The number of nitrogens with zero attached hydrogens (tertiary/aromatic N) is 1. The molecule has 0 saturated carbocycles. The SMILES string of the molecule is O=C(NC1C=CC(C(=O)O)C1)c1cc(Cl)nc(Cl)c1. The van der Waals surface area contributed by atoms with E-state index in [1.807, 2.05) is 0 Å². The molecule has 2 atom stereocenters. The highest BCUT2D eigenvalue weighted by atomic mass is 35.5. The third-order valence-electron chi connectivity index (χ3n) is 2.74. The van der Waals surface area contributed by atoms with E-state index in [1.54, 1.807) is 12.2 Å². The summed E-state index contributed by atoms with van der Waals surface area (Å²) in [7, 11) is 0. The number of nitrogens with one attached hydrogen (secondary N) is 1. The summed E-state index contributed by atoms with van der Waals surface area (Å²) in [4.78, 5) is 26.5. The quantitative estimate of drug-likeness (QED) is 0.662. The van der Waals surface area contributed by atoms with Crippen molar-refractivity contribution in [1.82, 2.24) is 10.3 Å². The molecule has 1 aromatic rings. The Balaban J connectivity index is 2.02. The Hall–Kier alpha value is -1.59. The molecule has 2 rings (SSSR count). The fraction of sp³-hybridized carbons (Fsp3) is 0.250. The molecule has 0 aliphatic heterocycles. The lowest BCUT2D eigenvalue weighted by Crippen LogP contribution is -2.33. The van der Waals surface area contributed by atoms with Gasteiger partial charge in [0, 0.05) is 11.6 Å². The molecule has 0 fully saturated rings. The number of carboxylic acid groups (broad SMARTS) is 1. The number of halogens is 2. The molecule has 1 aliphatic carbocycles. The summed E-state index contributed by atoms with van der Waals surface area (Å²) in [6.45, 7) is 0. The molecule has 0 radical (unpaired) electrons. The van der Waals surface area contributed by atoms with Crippen molar-refractivity contribution in [1.29, 1.82) is 0 Å². The second kappa shape index (κ2) is 5.59. The molecular weight excluding hydrogens is 291 g/mol. The van der Waals surface area contributed by atoms with E-state index in [-0.39, 0.29) is 27.8 Å². The number of carbonyl (C=O) groups is 2. The molecular formula is C12H10Cl2N2O3. The van der Waals surface area contributed by atoms with Gasteiger partial charge in [0.2, 0.25) is 0 Å². The number of aliphatic carboxylic acids is 1. The molecule has 0 aromatic carbocycles. The third kappa shape index (κ3) is 3.45. The van der Waals surface area contributed by atoms with Crippen LogP contribution in [0.4, 0.5) is 0 Å². The minimum Gasteiger partial charge on any atom is -0.481 e. The Morgan fingerprint density at radius 3 is 2.42 bits per heavy atom. The van der Waals surface area contributed by atoms with Gasteiger partial charge in [-0.3, -0.25) is 9.59 Å². The highest BCUT2D eigenvalue weighted by Gasteiger charge is 2.25. The topological polar surface area (TPSA) is 79.3 Å². The molecule has 2 unspecified atom stereocenters. The predicted octanol–water partition coefficient (Wildman–Crippen LogP) is 2.15. The fourth-order valence-electron chi connectivity index (χ4n) is 1.84. The monoisotopic (exact) mass is 300 g/mol. The van der Waals surface area contributed by atoms with E-state index in [1.165, 1.54) is 12.1 Å². The Morgan fingerprint density at radius 2 is 1.89 bits per heavy atom. The molecule has 19 heavy (non-hydrogen) atoms. The van der Waals surface area contributed by atoms with Gasteiger partial charge in [-0.15, -0.1) is 0 Å². The summed E-state index contributed by atoms with van der Waals surface area (Å²) in [6.07, 6.45) is 3.58. The van der Waals surface area contributed by atoms with Crippen molar-refractivity contribution >= 4 is 35.1 Å². The van der Waals surface area contributed by atoms with Crippen LogP contribution in [0.3, 0.4) is 0 Å². The zero-order valence-corrected chi connectivity index (χ0v) is 11.1. The van der Waals surface area contributed by atoms with E-state index < -0.39 is 11.9 Å². The first-order valence-electron chi connectivity index (χ1n) is 5.51. The van der Waals surface area contributed by atoms with Gasteiger partial charge < -0.3 is 10.4 Å². The molecule has 0 bridgehead atoms. The van der Waals surface area contributed by atoms with Gasteiger partial charge >= 0.3 is 5.97 Å². The number of aromatic nitrogens is 1. The second-order valence-corrected chi connectivity index (χ2v) is 4.92. The van der Waals surface area contributed by atoms with Crippen LogP contribution < -0.4 is 5.32 Å². The smallest absolute Gasteiger partial charge is 0.310 e. The summed E-state index contributed by atoms with van der Waals surface area (Å²) in [6, 6.07) is 2.49. The molecule has 0 saturated heterocycles. The van der Waals surface area contributed by atoms with Gasteiger partial charge in [0.1, 0.15) is 10.3 Å². The first kappa shape index (κ1) is 13.8. The van der Waals surface area contributed by atoms with Crippen molar-refractivity contribution in [2.75, 3.05) is 0 Å². The molecule has 1 heterocycles. The van der Waals surface area contributed by atoms with Crippen LogP contribution in [-0.2, 0) is 4.79 Å². The fourth-order valence-corrected chi connectivity index (χ4v) is 2.30. The van der Waals surface area contributed by atoms with Crippen molar-refractivity contribution in [2.24, 2.45) is 5.92 Å². The van der Waals surface area contributed by atoms with Crippen LogP contribution in [-0.4, -0.2) is 28.0 Å². The van der Waals surface area contributed by atoms with Crippen LogP contribution >= 0.6 is 23.2 Å². The Kier molecular flexibility index (Phi) is 4.07. The zero-order chi connectivity index (χ0) is 14.0. The van der Waals surface area contributed by atoms with Crippen LogP contribution in [0, 0.1) is 5.92 Å². The molecule has 2 N–H and O–H groups in total. The normalized spacial score (nSPS) is 21.4. The number of amides is 1. The van der Waals surface area contributed by atoms with Crippen molar-refractivity contribution in [3.63, 3.8) is 0 Å². The van der Waals surface area contributed by atoms with Gasteiger partial charge in [0.05, 0.1) is 5.92 Å². The lowest BCUT2D eigenvalue weighted by molar-refractivity contribution is -0.140. The standard InChI is InChI=1S/C12H10Cl2N2O3/c13-9-4-7(5-10(14)16-9)11(17)15-8-2-1-6(3-8)12(18)19/h1-2,4-6,8H,3H2,(H,15,17)(H,18,19). The van der Waals surface area contributed by atoms with E-state index in [9.17, 15) is 9.59 Å². The number of hydrogen-bond donors (Lipinski definition) is 2. The average Bonchev–Trinajstić information content (AvgIpc) is 2.76. The molecule has 7 heteroatoms. The summed E-state index contributed by atoms with van der Waals surface area (Å²) in [5, 5.41) is 11.8. The van der Waals surface area contributed by atoms with Gasteiger partial charge in [-0.05, 0) is 18.6 Å². The minimum absolute atomic E-state index is 0.128. The zero-order valence-electron chi connectivity index (χ0n) is 9.64. The molecule has 0 spiro atoms. The summed E-state index contributed by atoms with van der Waals surface area (Å²) in [5.41, 5.74) is 0.289. The molecule has 5 nitrogen and oxygen atoms in total. The van der Waals surface area contributed by atoms with Crippen LogP contribution in [0.15, 0.2) is 24.3 Å². The van der Waals surface area contributed by atoms with E-state index in [4.69, 9.17) is 28.3 Å². The van der Waals surface area contributed by atoms with Gasteiger partial charge in [-0.25, -0.2) is 4.98 Å². The molecule has 1 aromatic heterocycles. The summed E-state index contributed by atoms with van der Waals surface area (Å²) in [5.74, 6) is -1.83. The maximum atomic E-state index is 11.9. The van der Waals surface area contributed by atoms with Crippen molar-refractivity contribution < 1.29 is 14.7 Å².